The molecule has 1 N–H and O–H groups in total. The second kappa shape index (κ2) is 7.34. The number of hydrogen-bond donors (Lipinski definition) is 1. The first-order valence-electron chi connectivity index (χ1n) is 8.11. The van der Waals surface area contributed by atoms with E-state index in [-0.39, 0.29) is 5.88 Å². The summed E-state index contributed by atoms with van der Waals surface area (Å²) in [5, 5.41) is 13.2. The molecule has 1 aliphatic rings. The van der Waals surface area contributed by atoms with Crippen LogP contribution in [0.3, 0.4) is 0 Å². The molecule has 27 heavy (non-hydrogen) atoms. The number of aromatic nitrogens is 2. The standard InChI is InChI=1S/C19H16N4O2S2/c1-3-7-23-17(24)16(27-19(23)22-18-20-6-8-26-18)9-12-11-21-15-5-4-13(25-2)10-14(12)15/h3-6,8-11,24H,1,7H2,2H3/b12-9-,22-19-. The number of aliphatic imine (C=N–C) groups is 1. The fourth-order valence-corrected chi connectivity index (χ4v) is 4.25. The van der Waals surface area contributed by atoms with Crippen LogP contribution < -0.4 is 9.54 Å². The van der Waals surface area contributed by atoms with Crippen molar-refractivity contribution >= 4 is 51.4 Å². The number of ether oxygens (including phenoxy) is 1. The van der Waals surface area contributed by atoms with Gasteiger partial charge in [-0.1, -0.05) is 17.4 Å². The van der Waals surface area contributed by atoms with Crippen molar-refractivity contribution in [3.05, 3.63) is 57.7 Å². The smallest absolute Gasteiger partial charge is 0.211 e. The molecular weight excluding hydrogens is 380 g/mol. The van der Waals surface area contributed by atoms with Crippen LogP contribution in [0, 0.1) is 0 Å². The minimum absolute atomic E-state index is 0.146. The lowest BCUT2D eigenvalue weighted by Gasteiger charge is -2.04. The van der Waals surface area contributed by atoms with E-state index in [0.29, 0.717) is 21.4 Å². The van der Waals surface area contributed by atoms with Crippen molar-refractivity contribution in [1.29, 1.82) is 0 Å². The lowest BCUT2D eigenvalue weighted by molar-refractivity contribution is 0.415. The first-order valence-corrected chi connectivity index (χ1v) is 9.81. The minimum Gasteiger partial charge on any atom is -0.497 e. The Hall–Kier alpha value is -2.97. The summed E-state index contributed by atoms with van der Waals surface area (Å²) in [6.45, 7) is 4.22. The Morgan fingerprint density at radius 2 is 2.30 bits per heavy atom. The van der Waals surface area contributed by atoms with E-state index in [1.165, 1.54) is 22.7 Å². The molecule has 0 saturated heterocycles. The maximum absolute atomic E-state index is 10.7. The van der Waals surface area contributed by atoms with Crippen LogP contribution in [0.5, 0.6) is 11.6 Å². The number of nitrogens with zero attached hydrogens (tertiary/aromatic N) is 4. The van der Waals surface area contributed by atoms with Gasteiger partial charge in [-0.3, -0.25) is 9.56 Å². The zero-order valence-corrected chi connectivity index (χ0v) is 16.1. The van der Waals surface area contributed by atoms with E-state index in [9.17, 15) is 5.11 Å². The molecule has 0 unspecified atom stereocenters. The molecule has 4 rings (SSSR count). The molecular formula is C19H16N4O2S2. The molecule has 0 amide bonds. The maximum Gasteiger partial charge on any atom is 0.211 e. The molecule has 0 radical (unpaired) electrons. The van der Waals surface area contributed by atoms with Gasteiger partial charge in [0.05, 0.1) is 17.7 Å². The normalized spacial score (nSPS) is 14.7. The van der Waals surface area contributed by atoms with Gasteiger partial charge in [-0.25, -0.2) is 4.98 Å². The van der Waals surface area contributed by atoms with Crippen LogP contribution in [0.1, 0.15) is 10.4 Å². The minimum atomic E-state index is 0.146. The van der Waals surface area contributed by atoms with Gasteiger partial charge >= 0.3 is 0 Å². The SMILES string of the molecule is C=CCn1c(O)c(/C=C2/C=Nc3ccc(OC)cc32)s/c1=N\c1nccs1. The largest absolute Gasteiger partial charge is 0.497 e. The van der Waals surface area contributed by atoms with Crippen LogP contribution in [0.15, 0.2) is 52.4 Å². The van der Waals surface area contributed by atoms with Crippen molar-refractivity contribution < 1.29 is 9.84 Å². The lowest BCUT2D eigenvalue weighted by Crippen LogP contribution is -2.12. The van der Waals surface area contributed by atoms with Crippen molar-refractivity contribution in [2.24, 2.45) is 9.98 Å². The highest BCUT2D eigenvalue weighted by atomic mass is 32.1. The summed E-state index contributed by atoms with van der Waals surface area (Å²) in [6, 6.07) is 5.74. The first kappa shape index (κ1) is 17.4. The molecule has 0 saturated carbocycles. The third kappa shape index (κ3) is 3.36. The topological polar surface area (TPSA) is 72.0 Å². The molecule has 0 aliphatic carbocycles. The summed E-state index contributed by atoms with van der Waals surface area (Å²) >= 11 is 2.84. The number of allylic oxidation sites excluding steroid dienone is 2. The van der Waals surface area contributed by atoms with Crippen molar-refractivity contribution in [3.8, 4) is 11.6 Å². The third-order valence-electron chi connectivity index (χ3n) is 3.97. The number of rotatable bonds is 5. The van der Waals surface area contributed by atoms with Crippen molar-refractivity contribution in [1.82, 2.24) is 9.55 Å². The number of thiazole rings is 2. The van der Waals surface area contributed by atoms with Gasteiger partial charge in [-0.2, -0.15) is 4.99 Å². The molecule has 136 valence electrons. The lowest BCUT2D eigenvalue weighted by atomic mass is 10.1. The number of benzene rings is 1. The Kier molecular flexibility index (Phi) is 4.74. The maximum atomic E-state index is 10.7. The Bertz CT molecular complexity index is 1120. The summed E-state index contributed by atoms with van der Waals surface area (Å²) in [7, 11) is 1.64. The van der Waals surface area contributed by atoms with Gasteiger partial charge in [-0.15, -0.1) is 17.9 Å². The van der Waals surface area contributed by atoms with Gasteiger partial charge in [0.1, 0.15) is 5.75 Å². The van der Waals surface area contributed by atoms with E-state index >= 15 is 0 Å². The first-order chi connectivity index (χ1) is 13.2. The summed E-state index contributed by atoms with van der Waals surface area (Å²) < 4.78 is 7.02. The van der Waals surface area contributed by atoms with E-state index in [2.05, 4.69) is 21.5 Å². The van der Waals surface area contributed by atoms with Crippen molar-refractivity contribution in [3.63, 3.8) is 0 Å². The average Bonchev–Trinajstić information content (AvgIpc) is 3.39. The van der Waals surface area contributed by atoms with Crippen LogP contribution in [0.4, 0.5) is 10.8 Å². The molecule has 6 nitrogen and oxygen atoms in total. The van der Waals surface area contributed by atoms with Crippen LogP contribution in [0.25, 0.3) is 11.6 Å². The molecule has 3 aromatic rings. The molecule has 1 aromatic carbocycles. The quantitative estimate of drug-likeness (QED) is 0.650. The molecule has 1 aliphatic heterocycles. The second-order valence-corrected chi connectivity index (χ2v) is 7.52. The van der Waals surface area contributed by atoms with E-state index in [1.807, 2.05) is 29.7 Å². The fraction of sp³-hybridized carbons (Fsp3) is 0.105. The molecule has 0 fully saturated rings. The van der Waals surface area contributed by atoms with Crippen molar-refractivity contribution in [2.75, 3.05) is 7.11 Å². The monoisotopic (exact) mass is 396 g/mol. The third-order valence-corrected chi connectivity index (χ3v) is 5.65. The van der Waals surface area contributed by atoms with Crippen LogP contribution in [-0.4, -0.2) is 28.0 Å². The van der Waals surface area contributed by atoms with Gasteiger partial charge in [-0.05, 0) is 24.3 Å². The Labute approximate surface area is 163 Å². The summed E-state index contributed by atoms with van der Waals surface area (Å²) in [5.41, 5.74) is 2.76. The molecule has 0 spiro atoms. The molecule has 3 heterocycles. The number of hydrogen-bond acceptors (Lipinski definition) is 7. The summed E-state index contributed by atoms with van der Waals surface area (Å²) in [6.07, 6.45) is 7.13. The Balaban J connectivity index is 1.82. The predicted octanol–water partition coefficient (Wildman–Crippen LogP) is 4.40. The number of methoxy groups -OCH3 is 1. The van der Waals surface area contributed by atoms with Gasteiger partial charge in [0.25, 0.3) is 0 Å². The van der Waals surface area contributed by atoms with E-state index in [1.54, 1.807) is 30.2 Å². The van der Waals surface area contributed by atoms with Gasteiger partial charge in [0.15, 0.2) is 4.80 Å². The highest BCUT2D eigenvalue weighted by Gasteiger charge is 2.16. The Morgan fingerprint density at radius 1 is 1.41 bits per heavy atom. The van der Waals surface area contributed by atoms with Crippen LogP contribution >= 0.6 is 22.7 Å². The number of fused-ring (bicyclic) bond motifs is 1. The van der Waals surface area contributed by atoms with Gasteiger partial charge in [0.2, 0.25) is 11.0 Å². The molecule has 2 aromatic heterocycles. The zero-order chi connectivity index (χ0) is 18.8. The molecule has 0 bridgehead atoms. The summed E-state index contributed by atoms with van der Waals surface area (Å²) in [4.78, 5) is 14.5. The fourth-order valence-electron chi connectivity index (χ4n) is 2.70. The van der Waals surface area contributed by atoms with Gasteiger partial charge < -0.3 is 9.84 Å². The van der Waals surface area contributed by atoms with E-state index in [4.69, 9.17) is 4.74 Å². The van der Waals surface area contributed by atoms with Crippen LogP contribution in [0.2, 0.25) is 0 Å². The zero-order valence-electron chi connectivity index (χ0n) is 14.5. The molecule has 8 heteroatoms. The van der Waals surface area contributed by atoms with E-state index in [0.717, 1.165) is 22.6 Å². The number of aromatic hydroxyl groups is 1. The van der Waals surface area contributed by atoms with E-state index < -0.39 is 0 Å². The average molecular weight is 396 g/mol. The molecule has 0 atom stereocenters. The predicted molar refractivity (Wildman–Crippen MR) is 111 cm³/mol. The van der Waals surface area contributed by atoms with Gasteiger partial charge in [0, 0.05) is 35.5 Å². The summed E-state index contributed by atoms with van der Waals surface area (Å²) in [5.74, 6) is 0.911. The van der Waals surface area contributed by atoms with Crippen molar-refractivity contribution in [2.45, 2.75) is 6.54 Å². The highest BCUT2D eigenvalue weighted by Crippen LogP contribution is 2.36. The Morgan fingerprint density at radius 3 is 3.04 bits per heavy atom. The van der Waals surface area contributed by atoms with Crippen LogP contribution in [-0.2, 0) is 6.54 Å². The second-order valence-electron chi connectivity index (χ2n) is 5.64. The highest BCUT2D eigenvalue weighted by molar-refractivity contribution is 7.13.